The lowest BCUT2D eigenvalue weighted by Crippen LogP contribution is -2.10. The van der Waals surface area contributed by atoms with Crippen molar-refractivity contribution < 1.29 is 9.15 Å². The third-order valence-corrected chi connectivity index (χ3v) is 3.18. The molecule has 0 radical (unpaired) electrons. The molecule has 0 N–H and O–H groups in total. The van der Waals surface area contributed by atoms with Gasteiger partial charge in [0.25, 0.3) is 0 Å². The van der Waals surface area contributed by atoms with E-state index in [9.17, 15) is 4.79 Å². The molecule has 4 heteroatoms. The van der Waals surface area contributed by atoms with Crippen LogP contribution in [0, 0.1) is 0 Å². The minimum atomic E-state index is -0.0163. The minimum Gasteiger partial charge on any atom is -0.495 e. The Balaban J connectivity index is 2.66. The Morgan fingerprint density at radius 2 is 2.11 bits per heavy atom. The summed E-state index contributed by atoms with van der Waals surface area (Å²) < 4.78 is 12.7. The second kappa shape index (κ2) is 3.91. The van der Waals surface area contributed by atoms with Crippen molar-refractivity contribution in [2.45, 2.75) is 13.5 Å². The minimum absolute atomic E-state index is 0.0163. The first-order valence-electron chi connectivity index (χ1n) is 5.84. The summed E-state index contributed by atoms with van der Waals surface area (Å²) in [6, 6.07) is 7.21. The Morgan fingerprint density at radius 1 is 1.28 bits per heavy atom. The van der Waals surface area contributed by atoms with E-state index in [1.165, 1.54) is 0 Å². The first kappa shape index (κ1) is 10.9. The molecule has 2 aromatic heterocycles. The number of hydrogen-bond acceptors (Lipinski definition) is 3. The molecule has 0 aliphatic rings. The van der Waals surface area contributed by atoms with Gasteiger partial charge in [0.1, 0.15) is 5.75 Å². The summed E-state index contributed by atoms with van der Waals surface area (Å²) in [7, 11) is 1.60. The first-order valence-corrected chi connectivity index (χ1v) is 5.84. The predicted molar refractivity (Wildman–Crippen MR) is 70.2 cm³/mol. The highest BCUT2D eigenvalue weighted by molar-refractivity contribution is 5.94. The van der Waals surface area contributed by atoms with E-state index in [1.807, 2.05) is 29.7 Å². The summed E-state index contributed by atoms with van der Waals surface area (Å²) in [5.41, 5.74) is 1.37. The number of aryl methyl sites for hydroxylation is 1. The number of rotatable bonds is 2. The Morgan fingerprint density at radius 3 is 2.83 bits per heavy atom. The molecule has 0 unspecified atom stereocenters. The zero-order chi connectivity index (χ0) is 12.7. The molecule has 0 spiro atoms. The summed E-state index contributed by atoms with van der Waals surface area (Å²) in [5, 5.41) is 1.27. The number of benzene rings is 1. The average molecular weight is 243 g/mol. The monoisotopic (exact) mass is 243 g/mol. The van der Waals surface area contributed by atoms with Crippen molar-refractivity contribution in [2.24, 2.45) is 0 Å². The molecular weight excluding hydrogens is 230 g/mol. The maximum atomic E-state index is 12.4. The van der Waals surface area contributed by atoms with Gasteiger partial charge in [-0.05, 0) is 25.1 Å². The van der Waals surface area contributed by atoms with Crippen LogP contribution in [0.3, 0.4) is 0 Å². The van der Waals surface area contributed by atoms with Gasteiger partial charge < -0.3 is 13.7 Å². The van der Waals surface area contributed by atoms with Gasteiger partial charge in [-0.1, -0.05) is 6.07 Å². The SMILES string of the molecule is CCn1c2occc2c(=O)c2cccc(OC)c21. The van der Waals surface area contributed by atoms with Crippen molar-refractivity contribution in [3.63, 3.8) is 0 Å². The highest BCUT2D eigenvalue weighted by Gasteiger charge is 2.15. The fourth-order valence-corrected chi connectivity index (χ4v) is 2.38. The Kier molecular flexibility index (Phi) is 2.37. The van der Waals surface area contributed by atoms with Crippen molar-refractivity contribution in [3.8, 4) is 5.75 Å². The Hall–Kier alpha value is -2.23. The van der Waals surface area contributed by atoms with Crippen LogP contribution in [0.15, 0.2) is 39.7 Å². The number of ether oxygens (including phenoxy) is 1. The number of para-hydroxylation sites is 1. The largest absolute Gasteiger partial charge is 0.495 e. The number of methoxy groups -OCH3 is 1. The van der Waals surface area contributed by atoms with Crippen LogP contribution in [0.1, 0.15) is 6.92 Å². The van der Waals surface area contributed by atoms with Crippen molar-refractivity contribution in [2.75, 3.05) is 7.11 Å². The third-order valence-electron chi connectivity index (χ3n) is 3.18. The van der Waals surface area contributed by atoms with Gasteiger partial charge in [-0.25, -0.2) is 0 Å². The van der Waals surface area contributed by atoms with Gasteiger partial charge in [-0.15, -0.1) is 0 Å². The highest BCUT2D eigenvalue weighted by Crippen LogP contribution is 2.27. The normalized spacial score (nSPS) is 11.2. The lowest BCUT2D eigenvalue weighted by Gasteiger charge is -2.12. The lowest BCUT2D eigenvalue weighted by atomic mass is 10.1. The molecule has 2 heterocycles. The second-order valence-electron chi connectivity index (χ2n) is 4.07. The topological polar surface area (TPSA) is 44.4 Å². The molecular formula is C14H13NO3. The van der Waals surface area contributed by atoms with Crippen LogP contribution in [0.2, 0.25) is 0 Å². The van der Waals surface area contributed by atoms with E-state index in [1.54, 1.807) is 19.4 Å². The van der Waals surface area contributed by atoms with Crippen LogP contribution in [-0.4, -0.2) is 11.7 Å². The van der Waals surface area contributed by atoms with Crippen molar-refractivity contribution >= 4 is 22.0 Å². The van der Waals surface area contributed by atoms with Crippen LogP contribution in [0.5, 0.6) is 5.75 Å². The number of pyridine rings is 1. The standard InChI is InChI=1S/C14H13NO3/c1-3-15-12-9(5-4-6-11(12)17-2)13(16)10-7-8-18-14(10)15/h4-8H,3H2,1-2H3. The molecule has 0 fully saturated rings. The molecule has 0 aliphatic carbocycles. The van der Waals surface area contributed by atoms with Gasteiger partial charge in [0.15, 0.2) is 0 Å². The smallest absolute Gasteiger partial charge is 0.211 e. The lowest BCUT2D eigenvalue weighted by molar-refractivity contribution is 0.417. The first-order chi connectivity index (χ1) is 8.77. The van der Waals surface area contributed by atoms with Gasteiger partial charge in [-0.3, -0.25) is 4.79 Å². The van der Waals surface area contributed by atoms with E-state index >= 15 is 0 Å². The van der Waals surface area contributed by atoms with Crippen LogP contribution < -0.4 is 10.2 Å². The van der Waals surface area contributed by atoms with Crippen molar-refractivity contribution in [1.29, 1.82) is 0 Å². The maximum absolute atomic E-state index is 12.4. The van der Waals surface area contributed by atoms with Crippen LogP contribution >= 0.6 is 0 Å². The van der Waals surface area contributed by atoms with E-state index in [2.05, 4.69) is 0 Å². The number of hydrogen-bond donors (Lipinski definition) is 0. The van der Waals surface area contributed by atoms with Gasteiger partial charge in [0.2, 0.25) is 11.1 Å². The molecule has 1 aromatic carbocycles. The van der Waals surface area contributed by atoms with Crippen molar-refractivity contribution in [3.05, 3.63) is 40.8 Å². The van der Waals surface area contributed by atoms with E-state index < -0.39 is 0 Å². The molecule has 0 saturated heterocycles. The van der Waals surface area contributed by atoms with Crippen LogP contribution in [0.25, 0.3) is 22.0 Å². The molecule has 3 aromatic rings. The molecule has 18 heavy (non-hydrogen) atoms. The molecule has 0 aliphatic heterocycles. The fraction of sp³-hybridized carbons (Fsp3) is 0.214. The molecule has 92 valence electrons. The van der Waals surface area contributed by atoms with Gasteiger partial charge >= 0.3 is 0 Å². The van der Waals surface area contributed by atoms with Gasteiger partial charge in [-0.2, -0.15) is 0 Å². The molecule has 4 nitrogen and oxygen atoms in total. The zero-order valence-electron chi connectivity index (χ0n) is 10.3. The predicted octanol–water partition coefficient (Wildman–Crippen LogP) is 2.78. The van der Waals surface area contributed by atoms with E-state index in [4.69, 9.17) is 9.15 Å². The summed E-state index contributed by atoms with van der Waals surface area (Å²) in [6.07, 6.45) is 1.55. The van der Waals surface area contributed by atoms with Gasteiger partial charge in [0.05, 0.1) is 29.7 Å². The molecule has 0 amide bonds. The second-order valence-corrected chi connectivity index (χ2v) is 4.07. The van der Waals surface area contributed by atoms with E-state index in [0.717, 1.165) is 5.52 Å². The number of nitrogens with zero attached hydrogens (tertiary/aromatic N) is 1. The number of aromatic nitrogens is 1. The highest BCUT2D eigenvalue weighted by atomic mass is 16.5. The molecule has 0 saturated carbocycles. The summed E-state index contributed by atoms with van der Waals surface area (Å²) >= 11 is 0. The molecule has 0 bridgehead atoms. The van der Waals surface area contributed by atoms with Gasteiger partial charge in [0, 0.05) is 6.54 Å². The quantitative estimate of drug-likeness (QED) is 0.695. The summed E-state index contributed by atoms with van der Waals surface area (Å²) in [5.74, 6) is 0.685. The Bertz CT molecular complexity index is 783. The summed E-state index contributed by atoms with van der Waals surface area (Å²) in [6.45, 7) is 2.72. The van der Waals surface area contributed by atoms with E-state index in [0.29, 0.717) is 28.8 Å². The number of fused-ring (bicyclic) bond motifs is 2. The fourth-order valence-electron chi connectivity index (χ4n) is 2.38. The molecule has 0 atom stereocenters. The zero-order valence-corrected chi connectivity index (χ0v) is 10.3. The summed E-state index contributed by atoms with van der Waals surface area (Å²) in [4.78, 5) is 12.4. The molecule has 3 rings (SSSR count). The van der Waals surface area contributed by atoms with Crippen LogP contribution in [-0.2, 0) is 6.54 Å². The third kappa shape index (κ3) is 1.29. The van der Waals surface area contributed by atoms with Crippen LogP contribution in [0.4, 0.5) is 0 Å². The number of furan rings is 1. The Labute approximate surface area is 103 Å². The van der Waals surface area contributed by atoms with E-state index in [-0.39, 0.29) is 5.43 Å². The van der Waals surface area contributed by atoms with Crippen molar-refractivity contribution in [1.82, 2.24) is 4.57 Å². The maximum Gasteiger partial charge on any atom is 0.211 e. The average Bonchev–Trinajstić information content (AvgIpc) is 2.88.